The predicted molar refractivity (Wildman–Crippen MR) is 67.1 cm³/mol. The fourth-order valence-electron chi connectivity index (χ4n) is 2.14. The van der Waals surface area contributed by atoms with Crippen LogP contribution in [0.1, 0.15) is 29.6 Å². The van der Waals surface area contributed by atoms with Gasteiger partial charge in [-0.25, -0.2) is 0 Å². The molecule has 92 valence electrons. The molecule has 1 amide bonds. The average Bonchev–Trinajstić information content (AvgIpc) is 2.39. The highest BCUT2D eigenvalue weighted by atomic mass is 35.5. The maximum absolute atomic E-state index is 12.3. The number of piperidine rings is 1. The summed E-state index contributed by atoms with van der Waals surface area (Å²) in [6.45, 7) is 0.764. The van der Waals surface area contributed by atoms with Crippen molar-refractivity contribution in [1.82, 2.24) is 4.90 Å². The van der Waals surface area contributed by atoms with Crippen molar-refractivity contribution in [3.63, 3.8) is 0 Å². The highest BCUT2D eigenvalue weighted by molar-refractivity contribution is 6.30. The van der Waals surface area contributed by atoms with Gasteiger partial charge in [-0.1, -0.05) is 11.6 Å². The minimum absolute atomic E-state index is 0.0215. The Morgan fingerprint density at radius 3 is 2.71 bits per heavy atom. The summed E-state index contributed by atoms with van der Waals surface area (Å²) < 4.78 is 5.35. The van der Waals surface area contributed by atoms with E-state index in [-0.39, 0.29) is 12.1 Å². The Labute approximate surface area is 106 Å². The van der Waals surface area contributed by atoms with Gasteiger partial charge in [-0.15, -0.1) is 0 Å². The molecule has 0 radical (unpaired) electrons. The summed E-state index contributed by atoms with van der Waals surface area (Å²) in [5, 5.41) is 0.642. The number of rotatable bonds is 2. The third kappa shape index (κ3) is 2.79. The Morgan fingerprint density at radius 2 is 2.06 bits per heavy atom. The second-order valence-electron chi connectivity index (χ2n) is 4.19. The monoisotopic (exact) mass is 253 g/mol. The summed E-state index contributed by atoms with van der Waals surface area (Å²) >= 11 is 5.81. The standard InChI is InChI=1S/C13H16ClNO2/c1-17-12-4-2-3-9-15(12)13(16)10-5-7-11(14)8-6-10/h5-8,12H,2-4,9H2,1H3. The molecule has 1 aromatic rings. The topological polar surface area (TPSA) is 29.5 Å². The molecule has 1 unspecified atom stereocenters. The fourth-order valence-corrected chi connectivity index (χ4v) is 2.26. The number of amides is 1. The van der Waals surface area contributed by atoms with E-state index in [1.165, 1.54) is 0 Å². The number of nitrogens with zero attached hydrogens (tertiary/aromatic N) is 1. The van der Waals surface area contributed by atoms with Crippen molar-refractivity contribution in [2.75, 3.05) is 13.7 Å². The SMILES string of the molecule is COC1CCCCN1C(=O)c1ccc(Cl)cc1. The summed E-state index contributed by atoms with van der Waals surface area (Å²) in [5.74, 6) is 0.0215. The minimum Gasteiger partial charge on any atom is -0.362 e. The molecule has 1 atom stereocenters. The molecule has 4 heteroatoms. The lowest BCUT2D eigenvalue weighted by atomic mass is 10.1. The predicted octanol–water partition coefficient (Wildman–Crippen LogP) is 2.94. The lowest BCUT2D eigenvalue weighted by molar-refractivity contribution is -0.0397. The van der Waals surface area contributed by atoms with Crippen molar-refractivity contribution in [3.05, 3.63) is 34.9 Å². The molecule has 0 aliphatic carbocycles. The zero-order chi connectivity index (χ0) is 12.3. The van der Waals surface area contributed by atoms with Gasteiger partial charge in [0, 0.05) is 24.2 Å². The third-order valence-electron chi connectivity index (χ3n) is 3.07. The average molecular weight is 254 g/mol. The van der Waals surface area contributed by atoms with E-state index in [1.54, 1.807) is 36.3 Å². The van der Waals surface area contributed by atoms with E-state index in [9.17, 15) is 4.79 Å². The zero-order valence-electron chi connectivity index (χ0n) is 9.86. The number of carbonyl (C=O) groups excluding carboxylic acids is 1. The fraction of sp³-hybridized carbons (Fsp3) is 0.462. The first kappa shape index (κ1) is 12.4. The molecule has 0 bridgehead atoms. The van der Waals surface area contributed by atoms with E-state index in [0.29, 0.717) is 10.6 Å². The van der Waals surface area contributed by atoms with Gasteiger partial charge in [0.05, 0.1) is 0 Å². The zero-order valence-corrected chi connectivity index (χ0v) is 10.6. The van der Waals surface area contributed by atoms with Crippen LogP contribution in [0.2, 0.25) is 5.02 Å². The lowest BCUT2D eigenvalue weighted by Crippen LogP contribution is -2.44. The van der Waals surface area contributed by atoms with Crippen LogP contribution in [-0.4, -0.2) is 30.7 Å². The Hall–Kier alpha value is -1.06. The molecule has 1 aromatic carbocycles. The normalized spacial score (nSPS) is 20.4. The van der Waals surface area contributed by atoms with Gasteiger partial charge in [0.2, 0.25) is 0 Å². The van der Waals surface area contributed by atoms with Gasteiger partial charge in [0.1, 0.15) is 6.23 Å². The highest BCUT2D eigenvalue weighted by Crippen LogP contribution is 2.20. The Bertz CT molecular complexity index is 391. The maximum Gasteiger partial charge on any atom is 0.255 e. The third-order valence-corrected chi connectivity index (χ3v) is 3.32. The van der Waals surface area contributed by atoms with Crippen molar-refractivity contribution < 1.29 is 9.53 Å². The molecule has 0 aromatic heterocycles. The summed E-state index contributed by atoms with van der Waals surface area (Å²) in [5.41, 5.74) is 0.665. The largest absolute Gasteiger partial charge is 0.362 e. The van der Waals surface area contributed by atoms with Crippen LogP contribution in [0.4, 0.5) is 0 Å². The number of hydrogen-bond donors (Lipinski definition) is 0. The van der Waals surface area contributed by atoms with Gasteiger partial charge < -0.3 is 9.64 Å². The summed E-state index contributed by atoms with van der Waals surface area (Å²) in [7, 11) is 1.65. The van der Waals surface area contributed by atoms with E-state index in [0.717, 1.165) is 25.8 Å². The number of halogens is 1. The van der Waals surface area contributed by atoms with Crippen LogP contribution in [0, 0.1) is 0 Å². The molecule has 1 fully saturated rings. The molecule has 3 nitrogen and oxygen atoms in total. The number of hydrogen-bond acceptors (Lipinski definition) is 2. The first-order valence-corrected chi connectivity index (χ1v) is 6.19. The van der Waals surface area contributed by atoms with Crippen LogP contribution < -0.4 is 0 Å². The lowest BCUT2D eigenvalue weighted by Gasteiger charge is -2.34. The van der Waals surface area contributed by atoms with Crippen LogP contribution in [0.25, 0.3) is 0 Å². The van der Waals surface area contributed by atoms with E-state index in [1.807, 2.05) is 0 Å². The van der Waals surface area contributed by atoms with Crippen LogP contribution in [0.15, 0.2) is 24.3 Å². The van der Waals surface area contributed by atoms with Gasteiger partial charge in [0.25, 0.3) is 5.91 Å². The smallest absolute Gasteiger partial charge is 0.255 e. The van der Waals surface area contributed by atoms with Gasteiger partial charge in [-0.05, 0) is 43.5 Å². The molecule has 0 N–H and O–H groups in total. The first-order valence-electron chi connectivity index (χ1n) is 5.81. The second-order valence-corrected chi connectivity index (χ2v) is 4.63. The summed E-state index contributed by atoms with van der Waals surface area (Å²) in [4.78, 5) is 14.1. The van der Waals surface area contributed by atoms with E-state index in [2.05, 4.69) is 0 Å². The van der Waals surface area contributed by atoms with Crippen molar-refractivity contribution in [3.8, 4) is 0 Å². The van der Waals surface area contributed by atoms with Gasteiger partial charge in [-0.2, -0.15) is 0 Å². The number of benzene rings is 1. The van der Waals surface area contributed by atoms with Crippen molar-refractivity contribution >= 4 is 17.5 Å². The van der Waals surface area contributed by atoms with E-state index >= 15 is 0 Å². The molecular weight excluding hydrogens is 238 g/mol. The molecule has 1 aliphatic rings. The number of methoxy groups -OCH3 is 1. The van der Waals surface area contributed by atoms with Crippen molar-refractivity contribution in [1.29, 1.82) is 0 Å². The Morgan fingerprint density at radius 1 is 1.35 bits per heavy atom. The molecule has 0 saturated carbocycles. The van der Waals surface area contributed by atoms with Crippen LogP contribution in [0.3, 0.4) is 0 Å². The summed E-state index contributed by atoms with van der Waals surface area (Å²) in [6, 6.07) is 6.99. The van der Waals surface area contributed by atoms with Crippen molar-refractivity contribution in [2.24, 2.45) is 0 Å². The number of likely N-dealkylation sites (tertiary alicyclic amines) is 1. The number of ether oxygens (including phenoxy) is 1. The first-order chi connectivity index (χ1) is 8.22. The Balaban J connectivity index is 2.15. The second kappa shape index (κ2) is 5.52. The molecule has 0 spiro atoms. The van der Waals surface area contributed by atoms with Crippen LogP contribution >= 0.6 is 11.6 Å². The van der Waals surface area contributed by atoms with Crippen LogP contribution in [0.5, 0.6) is 0 Å². The van der Waals surface area contributed by atoms with Gasteiger partial charge in [-0.3, -0.25) is 4.79 Å². The molecule has 2 rings (SSSR count). The van der Waals surface area contributed by atoms with E-state index < -0.39 is 0 Å². The van der Waals surface area contributed by atoms with Crippen LogP contribution in [-0.2, 0) is 4.74 Å². The molecule has 1 heterocycles. The maximum atomic E-state index is 12.3. The molecule has 17 heavy (non-hydrogen) atoms. The molecular formula is C13H16ClNO2. The molecule has 1 saturated heterocycles. The highest BCUT2D eigenvalue weighted by Gasteiger charge is 2.26. The summed E-state index contributed by atoms with van der Waals surface area (Å²) in [6.07, 6.45) is 2.98. The van der Waals surface area contributed by atoms with Crippen molar-refractivity contribution in [2.45, 2.75) is 25.5 Å². The van der Waals surface area contributed by atoms with E-state index in [4.69, 9.17) is 16.3 Å². The quantitative estimate of drug-likeness (QED) is 0.811. The molecule has 1 aliphatic heterocycles. The van der Waals surface area contributed by atoms with Gasteiger partial charge >= 0.3 is 0 Å². The Kier molecular flexibility index (Phi) is 4.02. The number of carbonyl (C=O) groups is 1. The minimum atomic E-state index is -0.0908. The van der Waals surface area contributed by atoms with Gasteiger partial charge in [0.15, 0.2) is 0 Å².